The summed E-state index contributed by atoms with van der Waals surface area (Å²) in [7, 11) is 0. The second kappa shape index (κ2) is 8.58. The van der Waals surface area contributed by atoms with E-state index in [0.717, 1.165) is 50.0 Å². The van der Waals surface area contributed by atoms with Gasteiger partial charge < -0.3 is 15.1 Å². The third kappa shape index (κ3) is 4.31. The third-order valence-electron chi connectivity index (χ3n) is 7.82. The van der Waals surface area contributed by atoms with Gasteiger partial charge in [-0.1, -0.05) is 12.1 Å². The van der Waals surface area contributed by atoms with Crippen molar-refractivity contribution in [3.63, 3.8) is 0 Å². The standard InChI is InChI=1S/C25H33N5O/c1-25(9-14-29-10-7-22(25)8-11-29)28-24(31)19-5-12-30(13-6-19)23-4-2-3-20(15-23)21-16-26-18-27-17-21/h2-4,15-19,22H,5-14H2,1H3,(H,28,31). The molecule has 0 aliphatic carbocycles. The van der Waals surface area contributed by atoms with Crippen LogP contribution < -0.4 is 10.2 Å². The van der Waals surface area contributed by atoms with Gasteiger partial charge in [-0.25, -0.2) is 9.97 Å². The number of hydrogen-bond donors (Lipinski definition) is 1. The van der Waals surface area contributed by atoms with E-state index >= 15 is 0 Å². The molecule has 31 heavy (non-hydrogen) atoms. The fourth-order valence-electron chi connectivity index (χ4n) is 5.67. The molecule has 2 bridgehead atoms. The van der Waals surface area contributed by atoms with Gasteiger partial charge in [0.25, 0.3) is 0 Å². The Morgan fingerprint density at radius 3 is 2.48 bits per heavy atom. The van der Waals surface area contributed by atoms with E-state index in [0.29, 0.717) is 5.92 Å². The van der Waals surface area contributed by atoms with Crippen LogP contribution >= 0.6 is 0 Å². The monoisotopic (exact) mass is 419 g/mol. The Kier molecular flexibility index (Phi) is 5.65. The van der Waals surface area contributed by atoms with E-state index in [1.807, 2.05) is 12.4 Å². The summed E-state index contributed by atoms with van der Waals surface area (Å²) < 4.78 is 0. The van der Waals surface area contributed by atoms with E-state index < -0.39 is 0 Å². The predicted octanol–water partition coefficient (Wildman–Crippen LogP) is 3.35. The number of nitrogens with zero attached hydrogens (tertiary/aromatic N) is 4. The number of hydrogen-bond acceptors (Lipinski definition) is 5. The Hall–Kier alpha value is -2.47. The van der Waals surface area contributed by atoms with E-state index in [9.17, 15) is 4.79 Å². The molecule has 1 amide bonds. The molecule has 6 rings (SSSR count). The summed E-state index contributed by atoms with van der Waals surface area (Å²) >= 11 is 0. The van der Waals surface area contributed by atoms with E-state index in [-0.39, 0.29) is 17.4 Å². The largest absolute Gasteiger partial charge is 0.371 e. The van der Waals surface area contributed by atoms with E-state index in [2.05, 4.69) is 56.3 Å². The molecule has 1 aromatic carbocycles. The fourth-order valence-corrected chi connectivity index (χ4v) is 5.67. The van der Waals surface area contributed by atoms with Crippen LogP contribution in [0.5, 0.6) is 0 Å². The van der Waals surface area contributed by atoms with Crippen molar-refractivity contribution < 1.29 is 4.79 Å². The van der Waals surface area contributed by atoms with Crippen LogP contribution in [0.3, 0.4) is 0 Å². The molecular weight excluding hydrogens is 386 g/mol. The Morgan fingerprint density at radius 1 is 1.00 bits per heavy atom. The smallest absolute Gasteiger partial charge is 0.223 e. The van der Waals surface area contributed by atoms with Crippen molar-refractivity contribution >= 4 is 11.6 Å². The molecule has 6 nitrogen and oxygen atoms in total. The molecule has 1 aromatic heterocycles. The lowest BCUT2D eigenvalue weighted by atomic mass is 9.78. The molecule has 6 heteroatoms. The molecule has 4 aliphatic heterocycles. The fraction of sp³-hybridized carbons (Fsp3) is 0.560. The molecule has 4 fully saturated rings. The van der Waals surface area contributed by atoms with Gasteiger partial charge in [-0.15, -0.1) is 0 Å². The maximum absolute atomic E-state index is 13.2. The lowest BCUT2D eigenvalue weighted by Gasteiger charge is -2.40. The van der Waals surface area contributed by atoms with E-state index in [4.69, 9.17) is 0 Å². The van der Waals surface area contributed by atoms with Gasteiger partial charge in [0, 0.05) is 54.7 Å². The first-order valence-electron chi connectivity index (χ1n) is 11.8. The Bertz CT molecular complexity index is 903. The van der Waals surface area contributed by atoms with Crippen molar-refractivity contribution in [3.05, 3.63) is 43.0 Å². The van der Waals surface area contributed by atoms with E-state index in [1.54, 1.807) is 6.33 Å². The molecule has 1 N–H and O–H groups in total. The molecule has 164 valence electrons. The van der Waals surface area contributed by atoms with Crippen LogP contribution in [-0.4, -0.2) is 59.0 Å². The lowest BCUT2D eigenvalue weighted by molar-refractivity contribution is -0.128. The van der Waals surface area contributed by atoms with Gasteiger partial charge in [0.05, 0.1) is 0 Å². The van der Waals surface area contributed by atoms with Gasteiger partial charge in [-0.2, -0.15) is 0 Å². The van der Waals surface area contributed by atoms with Gasteiger partial charge in [0.2, 0.25) is 5.91 Å². The average Bonchev–Trinajstić information content (AvgIpc) is 3.08. The van der Waals surface area contributed by atoms with Crippen LogP contribution in [0, 0.1) is 11.8 Å². The lowest BCUT2D eigenvalue weighted by Crippen LogP contribution is -2.54. The van der Waals surface area contributed by atoms with Crippen molar-refractivity contribution in [2.75, 3.05) is 37.6 Å². The molecule has 4 aliphatic rings. The number of rotatable bonds is 4. The highest BCUT2D eigenvalue weighted by atomic mass is 16.2. The van der Waals surface area contributed by atoms with Crippen molar-refractivity contribution in [1.82, 2.24) is 20.2 Å². The molecule has 1 atom stereocenters. The Labute approximate surface area is 185 Å². The van der Waals surface area contributed by atoms with Crippen molar-refractivity contribution in [3.8, 4) is 11.1 Å². The zero-order valence-electron chi connectivity index (χ0n) is 18.5. The first-order valence-corrected chi connectivity index (χ1v) is 11.8. The van der Waals surface area contributed by atoms with Gasteiger partial charge in [-0.05, 0) is 75.7 Å². The van der Waals surface area contributed by atoms with Gasteiger partial charge >= 0.3 is 0 Å². The minimum Gasteiger partial charge on any atom is -0.371 e. The summed E-state index contributed by atoms with van der Waals surface area (Å²) in [4.78, 5) is 26.4. The van der Waals surface area contributed by atoms with Crippen LogP contribution in [-0.2, 0) is 4.79 Å². The molecule has 4 saturated heterocycles. The average molecular weight is 420 g/mol. The summed E-state index contributed by atoms with van der Waals surface area (Å²) in [5, 5.41) is 3.52. The topological polar surface area (TPSA) is 61.4 Å². The molecule has 5 heterocycles. The van der Waals surface area contributed by atoms with Crippen LogP contribution in [0.25, 0.3) is 11.1 Å². The SMILES string of the molecule is CC1(NC(=O)C2CCN(c3cccc(-c4cncnc4)c3)CC2)CCN2CCC1CC2. The summed E-state index contributed by atoms with van der Waals surface area (Å²) in [6, 6.07) is 8.55. The number of nitrogens with one attached hydrogen (secondary N) is 1. The van der Waals surface area contributed by atoms with Crippen molar-refractivity contribution in [2.24, 2.45) is 11.8 Å². The number of fused-ring (bicyclic) bond motifs is 4. The van der Waals surface area contributed by atoms with Gasteiger partial charge in [0.1, 0.15) is 6.33 Å². The van der Waals surface area contributed by atoms with Crippen LogP contribution in [0.1, 0.15) is 39.0 Å². The molecule has 2 aromatic rings. The Balaban J connectivity index is 1.20. The first-order chi connectivity index (χ1) is 15.1. The number of amides is 1. The normalized spacial score (nSPS) is 28.9. The van der Waals surface area contributed by atoms with Crippen molar-refractivity contribution in [2.45, 2.75) is 44.6 Å². The highest BCUT2D eigenvalue weighted by Crippen LogP contribution is 2.36. The maximum Gasteiger partial charge on any atom is 0.223 e. The molecule has 1 unspecified atom stereocenters. The number of carbonyl (C=O) groups excluding carboxylic acids is 1. The zero-order valence-corrected chi connectivity index (χ0v) is 18.5. The third-order valence-corrected chi connectivity index (χ3v) is 7.82. The number of benzene rings is 1. The zero-order chi connectivity index (χ0) is 21.3. The van der Waals surface area contributed by atoms with Crippen LogP contribution in [0.2, 0.25) is 0 Å². The van der Waals surface area contributed by atoms with Gasteiger partial charge in [0.15, 0.2) is 0 Å². The minimum atomic E-state index is -0.0362. The minimum absolute atomic E-state index is 0.0362. The van der Waals surface area contributed by atoms with Crippen molar-refractivity contribution in [1.29, 1.82) is 0 Å². The second-order valence-electron chi connectivity index (χ2n) is 9.71. The van der Waals surface area contributed by atoms with Crippen LogP contribution in [0.15, 0.2) is 43.0 Å². The molecule has 0 radical (unpaired) electrons. The Morgan fingerprint density at radius 2 is 1.74 bits per heavy atom. The quantitative estimate of drug-likeness (QED) is 0.824. The highest BCUT2D eigenvalue weighted by Gasteiger charge is 2.42. The highest BCUT2D eigenvalue weighted by molar-refractivity contribution is 5.80. The number of carbonyl (C=O) groups is 1. The number of piperidine rings is 2. The van der Waals surface area contributed by atoms with Crippen LogP contribution in [0.4, 0.5) is 5.69 Å². The first kappa shape index (κ1) is 20.4. The molecule has 0 saturated carbocycles. The maximum atomic E-state index is 13.2. The summed E-state index contributed by atoms with van der Waals surface area (Å²) in [6.07, 6.45) is 10.6. The van der Waals surface area contributed by atoms with Gasteiger partial charge in [-0.3, -0.25) is 4.79 Å². The summed E-state index contributed by atoms with van der Waals surface area (Å²) in [6.45, 7) is 7.64. The molecular formula is C25H33N5O. The number of aromatic nitrogens is 2. The molecule has 0 spiro atoms. The summed E-state index contributed by atoms with van der Waals surface area (Å²) in [5.74, 6) is 1.03. The second-order valence-corrected chi connectivity index (χ2v) is 9.71. The van der Waals surface area contributed by atoms with E-state index in [1.165, 1.54) is 31.6 Å². The summed E-state index contributed by atoms with van der Waals surface area (Å²) in [5.41, 5.74) is 3.33. The number of anilines is 1. The predicted molar refractivity (Wildman–Crippen MR) is 123 cm³/mol.